The molecule has 0 bridgehead atoms. The third-order valence-electron chi connectivity index (χ3n) is 4.41. The molecule has 3 rings (SSSR count). The monoisotopic (exact) mass is 457 g/mol. The molecule has 10 nitrogen and oxygen atoms in total. The largest absolute Gasteiger partial charge is 0.497 e. The first-order chi connectivity index (χ1) is 15.2. The second kappa shape index (κ2) is 9.35. The number of nitrogens with one attached hydrogen (secondary N) is 2. The van der Waals surface area contributed by atoms with Gasteiger partial charge in [-0.2, -0.15) is 0 Å². The summed E-state index contributed by atoms with van der Waals surface area (Å²) in [6.45, 7) is 0. The fraction of sp³-hybridized carbons (Fsp3) is 0.0952. The summed E-state index contributed by atoms with van der Waals surface area (Å²) in [5.74, 6) is -0.0233. The number of ether oxygens (including phenoxy) is 2. The summed E-state index contributed by atoms with van der Waals surface area (Å²) >= 11 is 0. The van der Waals surface area contributed by atoms with Crippen molar-refractivity contribution in [2.45, 2.75) is 4.90 Å². The van der Waals surface area contributed by atoms with Gasteiger partial charge in [0, 0.05) is 17.8 Å². The molecule has 32 heavy (non-hydrogen) atoms. The molecule has 0 spiro atoms. The van der Waals surface area contributed by atoms with Gasteiger partial charge in [0.1, 0.15) is 16.4 Å². The van der Waals surface area contributed by atoms with Gasteiger partial charge in [-0.25, -0.2) is 8.42 Å². The van der Waals surface area contributed by atoms with Crippen LogP contribution in [-0.4, -0.2) is 33.5 Å². The minimum absolute atomic E-state index is 0.00734. The average Bonchev–Trinajstić information content (AvgIpc) is 2.79. The zero-order valence-electron chi connectivity index (χ0n) is 17.1. The molecule has 166 valence electrons. The van der Waals surface area contributed by atoms with E-state index < -0.39 is 31.4 Å². The fourth-order valence-electron chi connectivity index (χ4n) is 2.83. The van der Waals surface area contributed by atoms with E-state index in [2.05, 4.69) is 10.0 Å². The Morgan fingerprint density at radius 3 is 2.28 bits per heavy atom. The second-order valence-electron chi connectivity index (χ2n) is 6.43. The van der Waals surface area contributed by atoms with Crippen LogP contribution < -0.4 is 19.5 Å². The van der Waals surface area contributed by atoms with Gasteiger partial charge in [-0.1, -0.05) is 12.1 Å². The highest BCUT2D eigenvalue weighted by Crippen LogP contribution is 2.30. The third-order valence-corrected chi connectivity index (χ3v) is 5.80. The highest BCUT2D eigenvalue weighted by atomic mass is 32.2. The highest BCUT2D eigenvalue weighted by molar-refractivity contribution is 7.92. The number of rotatable bonds is 8. The molecule has 0 saturated carbocycles. The molecule has 0 aliphatic rings. The first-order valence-electron chi connectivity index (χ1n) is 9.15. The fourth-order valence-corrected chi connectivity index (χ4v) is 4.10. The molecule has 11 heteroatoms. The molecule has 0 unspecified atom stereocenters. The number of nitro benzene ring substituents is 1. The predicted molar refractivity (Wildman–Crippen MR) is 118 cm³/mol. The Kier molecular flexibility index (Phi) is 6.59. The Hall–Kier alpha value is -4.12. The molecule has 0 atom stereocenters. The van der Waals surface area contributed by atoms with E-state index in [9.17, 15) is 23.3 Å². The van der Waals surface area contributed by atoms with Gasteiger partial charge in [0.25, 0.3) is 21.6 Å². The number of para-hydroxylation sites is 1. The Labute approximate surface area is 184 Å². The molecule has 2 N–H and O–H groups in total. The second-order valence-corrected chi connectivity index (χ2v) is 8.08. The zero-order valence-corrected chi connectivity index (χ0v) is 17.9. The molecular formula is C21H19N3O7S. The SMILES string of the molecule is COc1ccc(NC(=O)c2ccccc2NS(=O)(=O)c2cc([N+](=O)[O-])ccc2OC)cc1. The van der Waals surface area contributed by atoms with Crippen molar-refractivity contribution < 1.29 is 27.6 Å². The number of benzene rings is 3. The Morgan fingerprint density at radius 1 is 0.969 bits per heavy atom. The maximum absolute atomic E-state index is 13.0. The minimum atomic E-state index is -4.33. The van der Waals surface area contributed by atoms with Crippen LogP contribution in [0.2, 0.25) is 0 Å². The maximum Gasteiger partial charge on any atom is 0.271 e. The summed E-state index contributed by atoms with van der Waals surface area (Å²) in [4.78, 5) is 22.7. The van der Waals surface area contributed by atoms with Crippen LogP contribution in [0, 0.1) is 10.1 Å². The van der Waals surface area contributed by atoms with Crippen LogP contribution in [0.25, 0.3) is 0 Å². The van der Waals surface area contributed by atoms with Gasteiger partial charge in [-0.05, 0) is 42.5 Å². The van der Waals surface area contributed by atoms with Crippen molar-refractivity contribution in [2.24, 2.45) is 0 Å². The van der Waals surface area contributed by atoms with Gasteiger partial charge < -0.3 is 14.8 Å². The van der Waals surface area contributed by atoms with Gasteiger partial charge in [-0.3, -0.25) is 19.6 Å². The smallest absolute Gasteiger partial charge is 0.271 e. The van der Waals surface area contributed by atoms with Crippen LogP contribution >= 0.6 is 0 Å². The molecule has 3 aromatic rings. The van der Waals surface area contributed by atoms with Crippen molar-refractivity contribution in [1.29, 1.82) is 0 Å². The van der Waals surface area contributed by atoms with E-state index in [1.807, 2.05) is 0 Å². The number of hydrogen-bond donors (Lipinski definition) is 2. The molecular weight excluding hydrogens is 438 g/mol. The number of carbonyl (C=O) groups is 1. The van der Waals surface area contributed by atoms with Gasteiger partial charge in [-0.15, -0.1) is 0 Å². The lowest BCUT2D eigenvalue weighted by atomic mass is 10.1. The molecule has 0 heterocycles. The quantitative estimate of drug-likeness (QED) is 0.389. The normalized spacial score (nSPS) is 10.8. The van der Waals surface area contributed by atoms with E-state index in [1.54, 1.807) is 36.4 Å². The Balaban J connectivity index is 1.92. The summed E-state index contributed by atoms with van der Waals surface area (Å²) in [5.41, 5.74) is 0.105. The van der Waals surface area contributed by atoms with E-state index in [0.717, 1.165) is 12.1 Å². The predicted octanol–water partition coefficient (Wildman–Crippen LogP) is 3.67. The van der Waals surface area contributed by atoms with Crippen LogP contribution in [0.3, 0.4) is 0 Å². The van der Waals surface area contributed by atoms with E-state index in [-0.39, 0.29) is 17.0 Å². The number of nitrogens with zero attached hydrogens (tertiary/aromatic N) is 1. The summed E-state index contributed by atoms with van der Waals surface area (Å²) in [7, 11) is -1.56. The first kappa shape index (κ1) is 22.6. The summed E-state index contributed by atoms with van der Waals surface area (Å²) < 4.78 is 38.4. The molecule has 3 aromatic carbocycles. The number of anilines is 2. The number of methoxy groups -OCH3 is 2. The standard InChI is InChI=1S/C21H19N3O7S/c1-30-16-10-7-14(8-11-16)22-21(25)17-5-3-4-6-18(17)23-32(28,29)20-13-15(24(26)27)9-12-19(20)31-2/h3-13,23H,1-2H3,(H,22,25). The lowest BCUT2D eigenvalue weighted by Crippen LogP contribution is -2.19. The van der Waals surface area contributed by atoms with E-state index in [4.69, 9.17) is 9.47 Å². The van der Waals surface area contributed by atoms with Crippen molar-refractivity contribution in [3.05, 3.63) is 82.4 Å². The van der Waals surface area contributed by atoms with Crippen molar-refractivity contribution in [3.8, 4) is 11.5 Å². The number of amides is 1. The molecule has 0 aliphatic heterocycles. The lowest BCUT2D eigenvalue weighted by molar-refractivity contribution is -0.385. The van der Waals surface area contributed by atoms with Gasteiger partial charge in [0.15, 0.2) is 0 Å². The number of nitro groups is 1. The highest BCUT2D eigenvalue weighted by Gasteiger charge is 2.25. The van der Waals surface area contributed by atoms with Crippen molar-refractivity contribution >= 4 is 33.0 Å². The molecule has 0 aliphatic carbocycles. The van der Waals surface area contributed by atoms with Crippen LogP contribution in [0.5, 0.6) is 11.5 Å². The first-order valence-corrected chi connectivity index (χ1v) is 10.6. The minimum Gasteiger partial charge on any atom is -0.497 e. The van der Waals surface area contributed by atoms with Crippen molar-refractivity contribution in [2.75, 3.05) is 24.3 Å². The third kappa shape index (κ3) is 4.95. The van der Waals surface area contributed by atoms with Gasteiger partial charge in [0.05, 0.1) is 30.4 Å². The van der Waals surface area contributed by atoms with Gasteiger partial charge in [0.2, 0.25) is 0 Å². The topological polar surface area (TPSA) is 137 Å². The van der Waals surface area contributed by atoms with Gasteiger partial charge >= 0.3 is 0 Å². The zero-order chi connectivity index (χ0) is 23.3. The number of non-ortho nitro benzene ring substituents is 1. The average molecular weight is 457 g/mol. The molecule has 0 radical (unpaired) electrons. The van der Waals surface area contributed by atoms with Crippen molar-refractivity contribution in [1.82, 2.24) is 0 Å². The van der Waals surface area contributed by atoms with Crippen LogP contribution in [0.4, 0.5) is 17.1 Å². The Morgan fingerprint density at radius 2 is 1.66 bits per heavy atom. The Bertz CT molecular complexity index is 1260. The van der Waals surface area contributed by atoms with Crippen molar-refractivity contribution in [3.63, 3.8) is 0 Å². The summed E-state index contributed by atoms with van der Waals surface area (Å²) in [5, 5.41) is 13.8. The number of carbonyl (C=O) groups excluding carboxylic acids is 1. The lowest BCUT2D eigenvalue weighted by Gasteiger charge is -2.14. The molecule has 0 aromatic heterocycles. The summed E-state index contributed by atoms with van der Waals surface area (Å²) in [6, 6.07) is 15.8. The van der Waals surface area contributed by atoms with Crippen LogP contribution in [0.1, 0.15) is 10.4 Å². The maximum atomic E-state index is 13.0. The number of sulfonamides is 1. The van der Waals surface area contributed by atoms with Crippen LogP contribution in [0.15, 0.2) is 71.6 Å². The van der Waals surface area contributed by atoms with E-state index in [0.29, 0.717) is 11.4 Å². The molecule has 0 saturated heterocycles. The van der Waals surface area contributed by atoms with E-state index >= 15 is 0 Å². The molecule has 1 amide bonds. The molecule has 0 fully saturated rings. The van der Waals surface area contributed by atoms with E-state index in [1.165, 1.54) is 32.4 Å². The van der Waals surface area contributed by atoms with Crippen LogP contribution in [-0.2, 0) is 10.0 Å². The number of hydrogen-bond acceptors (Lipinski definition) is 7. The summed E-state index contributed by atoms with van der Waals surface area (Å²) in [6.07, 6.45) is 0.